The first-order valence-corrected chi connectivity index (χ1v) is 15.4. The maximum atomic E-state index is 9.23. The molecule has 0 aliphatic heterocycles. The van der Waals surface area contributed by atoms with Crippen molar-refractivity contribution >= 4 is 24.3 Å². The molecule has 0 unspecified atom stereocenters. The molecule has 0 aliphatic rings. The Morgan fingerprint density at radius 3 is 1.94 bits per heavy atom. The maximum absolute atomic E-state index is 9.23. The van der Waals surface area contributed by atoms with E-state index < -0.39 is 19.9 Å². The molecule has 0 radical (unpaired) electrons. The van der Waals surface area contributed by atoms with Gasteiger partial charge in [-0.3, -0.25) is 0 Å². The van der Waals surface area contributed by atoms with Crippen molar-refractivity contribution in [2.45, 2.75) is 66.0 Å². The molecule has 0 saturated heterocycles. The SMILES string of the molecule is [2H]C(C)(C)c1cc([Si](C)(C)C)cc(C([2H])(C)C)c1-n1c(-c2ccccc2C)[n+](C)c2ccccc21. The molecule has 0 fully saturated rings. The van der Waals surface area contributed by atoms with Crippen LogP contribution in [-0.2, 0) is 7.05 Å². The topological polar surface area (TPSA) is 8.81 Å². The van der Waals surface area contributed by atoms with Gasteiger partial charge in [0.1, 0.15) is 5.69 Å². The minimum atomic E-state index is -1.69. The first-order valence-electron chi connectivity index (χ1n) is 12.9. The molecular formula is C30H39N2Si+. The van der Waals surface area contributed by atoms with E-state index in [1.54, 1.807) is 0 Å². The molecule has 0 aliphatic carbocycles. The summed E-state index contributed by atoms with van der Waals surface area (Å²) in [7, 11) is 0.425. The fourth-order valence-corrected chi connectivity index (χ4v) is 5.89. The van der Waals surface area contributed by atoms with Crippen LogP contribution in [0.4, 0.5) is 0 Å². The first-order chi connectivity index (χ1) is 16.1. The minimum Gasteiger partial charge on any atom is -0.225 e. The lowest BCUT2D eigenvalue weighted by Crippen LogP contribution is -2.38. The standard InChI is InChI=1S/C30H39N2Si/c1-20(2)25-18-23(33(7,8)9)19-26(21(3)4)29(25)32-28-17-13-12-16-27(28)31(6)30(32)24-15-11-10-14-22(24)5/h10-21H,1-9H3/q+1/i20D,21D. The average Bonchev–Trinajstić information content (AvgIpc) is 3.03. The van der Waals surface area contributed by atoms with E-state index in [0.29, 0.717) is 0 Å². The van der Waals surface area contributed by atoms with Crippen LogP contribution >= 0.6 is 0 Å². The predicted molar refractivity (Wildman–Crippen MR) is 146 cm³/mol. The minimum absolute atomic E-state index is 0.835. The van der Waals surface area contributed by atoms with E-state index in [1.165, 1.54) is 10.8 Å². The molecule has 0 amide bonds. The number of aromatic nitrogens is 2. The molecule has 1 aromatic heterocycles. The van der Waals surface area contributed by atoms with Crippen molar-refractivity contribution in [3.8, 4) is 17.1 Å². The van der Waals surface area contributed by atoms with Gasteiger partial charge in [0, 0.05) is 13.9 Å². The number of benzene rings is 3. The van der Waals surface area contributed by atoms with Crippen molar-refractivity contribution in [1.82, 2.24) is 4.57 Å². The van der Waals surface area contributed by atoms with Crippen LogP contribution in [0.3, 0.4) is 0 Å². The van der Waals surface area contributed by atoms with Gasteiger partial charge >= 0.3 is 0 Å². The third kappa shape index (κ3) is 4.08. The second kappa shape index (κ2) is 8.61. The predicted octanol–water partition coefficient (Wildman–Crippen LogP) is 7.22. The van der Waals surface area contributed by atoms with Gasteiger partial charge in [0.15, 0.2) is 11.0 Å². The number of imidazole rings is 1. The fraction of sp³-hybridized carbons (Fsp3) is 0.367. The quantitative estimate of drug-likeness (QED) is 0.221. The molecule has 3 heteroatoms. The smallest absolute Gasteiger partial charge is 0.225 e. The van der Waals surface area contributed by atoms with E-state index >= 15 is 0 Å². The molecule has 0 bridgehead atoms. The summed E-state index contributed by atoms with van der Waals surface area (Å²) in [5.41, 5.74) is 7.50. The van der Waals surface area contributed by atoms with Crippen LogP contribution in [0.5, 0.6) is 0 Å². The van der Waals surface area contributed by atoms with E-state index in [0.717, 1.165) is 39.2 Å². The molecule has 0 spiro atoms. The zero-order chi connectivity index (χ0) is 25.9. The lowest BCUT2D eigenvalue weighted by atomic mass is 9.92. The molecule has 0 N–H and O–H groups in total. The molecule has 3 aromatic carbocycles. The highest BCUT2D eigenvalue weighted by atomic mass is 28.3. The third-order valence-electron chi connectivity index (χ3n) is 6.68. The summed E-state index contributed by atoms with van der Waals surface area (Å²) in [6.45, 7) is 17.1. The van der Waals surface area contributed by atoms with Crippen molar-refractivity contribution in [3.05, 3.63) is 77.4 Å². The van der Waals surface area contributed by atoms with Crippen LogP contribution in [0.1, 0.15) is 58.9 Å². The van der Waals surface area contributed by atoms with Gasteiger partial charge in [0.2, 0.25) is 0 Å². The van der Waals surface area contributed by atoms with Crippen LogP contribution in [-0.4, -0.2) is 12.6 Å². The van der Waals surface area contributed by atoms with Crippen molar-refractivity contribution in [2.24, 2.45) is 7.05 Å². The fourth-order valence-electron chi connectivity index (χ4n) is 4.74. The van der Waals surface area contributed by atoms with E-state index in [9.17, 15) is 2.74 Å². The van der Waals surface area contributed by atoms with Gasteiger partial charge in [-0.15, -0.1) is 0 Å². The molecule has 33 heavy (non-hydrogen) atoms. The number of rotatable bonds is 5. The summed E-state index contributed by atoms with van der Waals surface area (Å²) in [6.07, 6.45) is 0. The number of aryl methyl sites for hydroxylation is 2. The number of hydrogen-bond acceptors (Lipinski definition) is 0. The number of fused-ring (bicyclic) bond motifs is 1. The summed E-state index contributed by atoms with van der Waals surface area (Å²) in [4.78, 5) is 0. The maximum Gasteiger partial charge on any atom is 0.295 e. The van der Waals surface area contributed by atoms with E-state index in [2.05, 4.69) is 103 Å². The Balaban J connectivity index is 2.30. The molecule has 172 valence electrons. The van der Waals surface area contributed by atoms with Gasteiger partial charge < -0.3 is 0 Å². The zero-order valence-electron chi connectivity index (χ0n) is 23.7. The largest absolute Gasteiger partial charge is 0.295 e. The monoisotopic (exact) mass is 457 g/mol. The van der Waals surface area contributed by atoms with Gasteiger partial charge in [0.25, 0.3) is 5.82 Å². The molecule has 4 aromatic rings. The van der Waals surface area contributed by atoms with Crippen LogP contribution in [0, 0.1) is 6.92 Å². The Hall–Kier alpha value is -2.65. The normalized spacial score (nSPS) is 13.8. The van der Waals surface area contributed by atoms with Crippen LogP contribution in [0.15, 0.2) is 60.7 Å². The molecule has 0 atom stereocenters. The molecule has 2 nitrogen and oxygen atoms in total. The van der Waals surface area contributed by atoms with Crippen molar-refractivity contribution in [3.63, 3.8) is 0 Å². The summed E-state index contributed by atoms with van der Waals surface area (Å²) in [5.74, 6) is -0.600. The van der Waals surface area contributed by atoms with Crippen LogP contribution < -0.4 is 9.75 Å². The van der Waals surface area contributed by atoms with E-state index in [1.807, 2.05) is 27.7 Å². The Morgan fingerprint density at radius 2 is 1.39 bits per heavy atom. The van der Waals surface area contributed by atoms with Gasteiger partial charge in [-0.25, -0.2) is 4.57 Å². The zero-order valence-corrected chi connectivity index (χ0v) is 22.7. The highest BCUT2D eigenvalue weighted by Crippen LogP contribution is 2.37. The van der Waals surface area contributed by atoms with Crippen molar-refractivity contribution in [1.29, 1.82) is 0 Å². The summed E-state index contributed by atoms with van der Waals surface area (Å²) >= 11 is 0. The molecular weight excluding hydrogens is 416 g/mol. The number of hydrogen-bond donors (Lipinski definition) is 0. The lowest BCUT2D eigenvalue weighted by Gasteiger charge is -2.25. The molecule has 1 heterocycles. The Kier molecular flexibility index (Phi) is 5.46. The van der Waals surface area contributed by atoms with Gasteiger partial charge in [-0.1, -0.05) is 95.0 Å². The average molecular weight is 458 g/mol. The number of nitrogens with zero attached hydrogens (tertiary/aromatic N) is 2. The van der Waals surface area contributed by atoms with E-state index in [4.69, 9.17) is 0 Å². The summed E-state index contributed by atoms with van der Waals surface area (Å²) in [6, 6.07) is 21.5. The summed E-state index contributed by atoms with van der Waals surface area (Å²) in [5, 5.41) is 1.30. The third-order valence-corrected chi connectivity index (χ3v) is 8.70. The molecule has 4 rings (SSSR count). The van der Waals surface area contributed by atoms with Crippen molar-refractivity contribution in [2.75, 3.05) is 0 Å². The summed E-state index contributed by atoms with van der Waals surface area (Å²) < 4.78 is 23.0. The Morgan fingerprint density at radius 1 is 0.848 bits per heavy atom. The van der Waals surface area contributed by atoms with Crippen molar-refractivity contribution < 1.29 is 7.31 Å². The van der Waals surface area contributed by atoms with Crippen LogP contribution in [0.2, 0.25) is 19.6 Å². The molecule has 0 saturated carbocycles. The Bertz CT molecular complexity index is 1380. The van der Waals surface area contributed by atoms with Crippen LogP contribution in [0.25, 0.3) is 28.1 Å². The van der Waals surface area contributed by atoms with Gasteiger partial charge in [0.05, 0.1) is 20.7 Å². The first kappa shape index (κ1) is 20.9. The second-order valence-electron chi connectivity index (χ2n) is 10.7. The lowest BCUT2D eigenvalue weighted by molar-refractivity contribution is -0.633. The number of para-hydroxylation sites is 2. The van der Waals surface area contributed by atoms with E-state index in [-0.39, 0.29) is 0 Å². The highest BCUT2D eigenvalue weighted by Gasteiger charge is 2.32. The van der Waals surface area contributed by atoms with Gasteiger partial charge in [-0.2, -0.15) is 4.57 Å². The Labute approximate surface area is 203 Å². The highest BCUT2D eigenvalue weighted by molar-refractivity contribution is 6.88. The van der Waals surface area contributed by atoms with Gasteiger partial charge in [-0.05, 0) is 42.5 Å². The second-order valence-corrected chi connectivity index (χ2v) is 15.8.